The third kappa shape index (κ3) is 8.03. The van der Waals surface area contributed by atoms with E-state index >= 15 is 0 Å². The largest absolute Gasteiger partial charge is 0.469 e. The van der Waals surface area contributed by atoms with Crippen molar-refractivity contribution in [3.8, 4) is 0 Å². The van der Waals surface area contributed by atoms with Crippen LogP contribution in [0, 0.1) is 0 Å². The van der Waals surface area contributed by atoms with Gasteiger partial charge in [-0.25, -0.2) is 0 Å². The second kappa shape index (κ2) is 12.9. The van der Waals surface area contributed by atoms with Gasteiger partial charge >= 0.3 is 5.97 Å². The van der Waals surface area contributed by atoms with Crippen LogP contribution >= 0.6 is 0 Å². The first-order valence-corrected chi connectivity index (χ1v) is 10.6. The summed E-state index contributed by atoms with van der Waals surface area (Å²) < 4.78 is 9.83. The van der Waals surface area contributed by atoms with Crippen molar-refractivity contribution in [3.63, 3.8) is 0 Å². The van der Waals surface area contributed by atoms with E-state index in [1.165, 1.54) is 43.2 Å². The minimum atomic E-state index is -0.300. The topological polar surface area (TPSA) is 60.4 Å². The van der Waals surface area contributed by atoms with E-state index in [4.69, 9.17) is 9.57 Å². The Morgan fingerprint density at radius 1 is 1.17 bits per heavy atom. The second-order valence-corrected chi connectivity index (χ2v) is 7.54. The highest BCUT2D eigenvalue weighted by molar-refractivity contribution is 5.84. The number of nitrogens with zero attached hydrogens (tertiary/aromatic N) is 2. The fourth-order valence-electron chi connectivity index (χ4n) is 3.34. The lowest BCUT2D eigenvalue weighted by molar-refractivity contribution is -0.141. The van der Waals surface area contributed by atoms with Crippen LogP contribution in [0.2, 0.25) is 0 Å². The molecule has 30 heavy (non-hydrogen) atoms. The molecule has 0 spiro atoms. The summed E-state index contributed by atoms with van der Waals surface area (Å²) in [6.45, 7) is 12.4. The van der Waals surface area contributed by atoms with Crippen LogP contribution in [0.3, 0.4) is 0 Å². The van der Waals surface area contributed by atoms with E-state index in [-0.39, 0.29) is 25.6 Å². The van der Waals surface area contributed by atoms with Crippen LogP contribution < -0.4 is 4.90 Å². The molecule has 0 fully saturated rings. The van der Waals surface area contributed by atoms with Crippen LogP contribution in [0.15, 0.2) is 48.3 Å². The Morgan fingerprint density at radius 2 is 1.93 bits per heavy atom. The van der Waals surface area contributed by atoms with Gasteiger partial charge in [-0.3, -0.25) is 4.79 Å². The van der Waals surface area contributed by atoms with Crippen molar-refractivity contribution in [2.45, 2.75) is 45.4 Å². The van der Waals surface area contributed by atoms with Crippen molar-refractivity contribution in [2.75, 3.05) is 38.3 Å². The van der Waals surface area contributed by atoms with Gasteiger partial charge in [-0.2, -0.15) is 0 Å². The number of carbonyl (C=O) groups excluding carboxylic acids is 1. The Kier molecular flexibility index (Phi) is 10.1. The summed E-state index contributed by atoms with van der Waals surface area (Å²) in [6, 6.07) is 8.52. The van der Waals surface area contributed by atoms with Crippen molar-refractivity contribution in [2.24, 2.45) is 5.16 Å². The van der Waals surface area contributed by atoms with Gasteiger partial charge in [0.2, 0.25) is 0 Å². The number of carbonyl (C=O) groups is 1. The average molecular weight is 415 g/mol. The zero-order valence-electron chi connectivity index (χ0n) is 18.3. The van der Waals surface area contributed by atoms with Gasteiger partial charge in [0.15, 0.2) is 5.76 Å². The van der Waals surface area contributed by atoms with Gasteiger partial charge in [0.25, 0.3) is 0 Å². The number of fused-ring (bicyclic) bond motifs is 1. The lowest BCUT2D eigenvalue weighted by atomic mass is 10.1. The Labute approximate surface area is 180 Å². The van der Waals surface area contributed by atoms with Crippen LogP contribution in [0.1, 0.15) is 51.0 Å². The molecule has 1 aromatic carbocycles. The number of esters is 1. The molecule has 0 unspecified atom stereocenters. The van der Waals surface area contributed by atoms with E-state index in [0.717, 1.165) is 31.6 Å². The van der Waals surface area contributed by atoms with Crippen molar-refractivity contribution < 1.29 is 19.1 Å². The molecule has 2 rings (SSSR count). The highest BCUT2D eigenvalue weighted by Gasteiger charge is 2.20. The molecule has 0 N–H and O–H groups in total. The van der Waals surface area contributed by atoms with Gasteiger partial charge < -0.3 is 19.2 Å². The third-order valence-electron chi connectivity index (χ3n) is 5.00. The number of para-hydroxylation sites is 1. The minimum Gasteiger partial charge on any atom is -0.469 e. The number of rotatable bonds is 14. The van der Waals surface area contributed by atoms with Crippen molar-refractivity contribution in [1.82, 2.24) is 0 Å². The first-order valence-electron chi connectivity index (χ1n) is 10.6. The predicted octanol–water partition coefficient (Wildman–Crippen LogP) is 4.96. The Balaban J connectivity index is 1.52. The van der Waals surface area contributed by atoms with E-state index < -0.39 is 0 Å². The summed E-state index contributed by atoms with van der Waals surface area (Å²) in [4.78, 5) is 18.7. The molecule has 6 nitrogen and oxygen atoms in total. The predicted molar refractivity (Wildman–Crippen MR) is 122 cm³/mol. The zero-order chi connectivity index (χ0) is 21.8. The number of oxime groups is 1. The number of anilines is 1. The van der Waals surface area contributed by atoms with E-state index in [1.807, 2.05) is 6.92 Å². The molecule has 0 saturated heterocycles. The first-order chi connectivity index (χ1) is 14.5. The summed E-state index contributed by atoms with van der Waals surface area (Å²) in [7, 11) is 1.35. The van der Waals surface area contributed by atoms with E-state index in [0.29, 0.717) is 5.76 Å². The zero-order valence-corrected chi connectivity index (χ0v) is 18.3. The maximum absolute atomic E-state index is 11.0. The lowest BCUT2D eigenvalue weighted by Gasteiger charge is -2.18. The standard InChI is InChI=1S/C24H34N2O4/c1-19-17-26(23-13-9-8-12-22(19)23)15-10-6-5-7-11-20(2)25-30-21(3)18-29-16-14-24(27)28-4/h8-9,12-13H,1,3,5-7,10-11,14-18H2,2,4H3/b25-20+. The SMILES string of the molecule is C=C(COCCC(=O)OC)O/N=C(\C)CCCCCCN1CC(=C)c2ccccc21. The first kappa shape index (κ1) is 23.7. The number of methoxy groups -OCH3 is 1. The fraction of sp³-hybridized carbons (Fsp3) is 0.500. The van der Waals surface area contributed by atoms with E-state index in [2.05, 4.69) is 52.2 Å². The van der Waals surface area contributed by atoms with Crippen LogP contribution in [0.5, 0.6) is 0 Å². The van der Waals surface area contributed by atoms with Crippen LogP contribution in [-0.4, -0.2) is 45.1 Å². The smallest absolute Gasteiger partial charge is 0.307 e. The van der Waals surface area contributed by atoms with E-state index in [9.17, 15) is 4.79 Å². The Bertz CT molecular complexity index is 757. The molecule has 1 aliphatic rings. The van der Waals surface area contributed by atoms with Gasteiger partial charge in [0.05, 0.1) is 25.8 Å². The van der Waals surface area contributed by atoms with Gasteiger partial charge in [-0.05, 0) is 37.8 Å². The van der Waals surface area contributed by atoms with Gasteiger partial charge in [0, 0.05) is 24.3 Å². The van der Waals surface area contributed by atoms with Crippen molar-refractivity contribution in [3.05, 3.63) is 48.7 Å². The molecule has 1 aromatic rings. The summed E-state index contributed by atoms with van der Waals surface area (Å²) in [5.74, 6) is 0.123. The van der Waals surface area contributed by atoms with Gasteiger partial charge in [-0.15, -0.1) is 0 Å². The molecule has 1 heterocycles. The van der Waals surface area contributed by atoms with Crippen molar-refractivity contribution >= 4 is 22.9 Å². The summed E-state index contributed by atoms with van der Waals surface area (Å²) in [6.07, 6.45) is 5.74. The normalized spacial score (nSPS) is 13.3. The summed E-state index contributed by atoms with van der Waals surface area (Å²) in [5.41, 5.74) is 4.76. The third-order valence-corrected chi connectivity index (χ3v) is 5.00. The van der Waals surface area contributed by atoms with Crippen LogP contribution in [0.4, 0.5) is 5.69 Å². The van der Waals surface area contributed by atoms with Gasteiger partial charge in [0.1, 0.15) is 6.61 Å². The summed E-state index contributed by atoms with van der Waals surface area (Å²) >= 11 is 0. The maximum atomic E-state index is 11.0. The quantitative estimate of drug-likeness (QED) is 0.142. The monoisotopic (exact) mass is 414 g/mol. The molecule has 0 amide bonds. The molecule has 0 bridgehead atoms. The minimum absolute atomic E-state index is 0.208. The fourth-order valence-corrected chi connectivity index (χ4v) is 3.34. The molecular weight excluding hydrogens is 380 g/mol. The molecule has 1 aliphatic heterocycles. The molecule has 0 atom stereocenters. The Hall–Kier alpha value is -2.60. The van der Waals surface area contributed by atoms with E-state index in [1.54, 1.807) is 0 Å². The molecule has 0 aromatic heterocycles. The highest BCUT2D eigenvalue weighted by Crippen LogP contribution is 2.34. The molecule has 0 saturated carbocycles. The maximum Gasteiger partial charge on any atom is 0.307 e. The molecule has 164 valence electrons. The average Bonchev–Trinajstić information content (AvgIpc) is 3.07. The highest BCUT2D eigenvalue weighted by atomic mass is 16.6. The second-order valence-electron chi connectivity index (χ2n) is 7.54. The summed E-state index contributed by atoms with van der Waals surface area (Å²) in [5, 5.41) is 4.10. The lowest BCUT2D eigenvalue weighted by Crippen LogP contribution is -2.21. The molecule has 6 heteroatoms. The Morgan fingerprint density at radius 3 is 2.73 bits per heavy atom. The van der Waals surface area contributed by atoms with Gasteiger partial charge in [-0.1, -0.05) is 49.4 Å². The molecular formula is C24H34N2O4. The molecule has 0 aliphatic carbocycles. The van der Waals surface area contributed by atoms with Crippen LogP contribution in [0.25, 0.3) is 5.57 Å². The van der Waals surface area contributed by atoms with Crippen molar-refractivity contribution in [1.29, 1.82) is 0 Å². The number of benzene rings is 1. The number of ether oxygens (including phenoxy) is 2. The number of hydrogen-bond acceptors (Lipinski definition) is 6. The van der Waals surface area contributed by atoms with Crippen LogP contribution in [-0.2, 0) is 19.1 Å². The number of hydrogen-bond donors (Lipinski definition) is 0. The number of unbranched alkanes of at least 4 members (excludes halogenated alkanes) is 3. The molecule has 0 radical (unpaired) electrons.